The highest BCUT2D eigenvalue weighted by Gasteiger charge is 2.40. The molecule has 1 fully saturated rings. The molecule has 8 N–H and O–H groups in total. The van der Waals surface area contributed by atoms with Crippen LogP contribution < -0.4 is 32.3 Å². The summed E-state index contributed by atoms with van der Waals surface area (Å²) in [7, 11) is 1.90. The number of carbonyl (C=O) groups is 8. The maximum Gasteiger partial charge on any atom is 0.309 e. The Kier molecular flexibility index (Phi) is 23.9. The van der Waals surface area contributed by atoms with Crippen LogP contribution in [0, 0.1) is 29.6 Å². The number of carbonyl (C=O) groups excluding carboxylic acids is 7. The van der Waals surface area contributed by atoms with E-state index in [2.05, 4.69) is 37.5 Å². The number of hydrogen-bond donors (Lipinski definition) is 7. The number of hydroxylamine groups is 2. The minimum absolute atomic E-state index is 0.00557. The Hall–Kier alpha value is -5.95. The van der Waals surface area contributed by atoms with Gasteiger partial charge in [0.25, 0.3) is 11.8 Å². The van der Waals surface area contributed by atoms with E-state index in [0.29, 0.717) is 36.9 Å². The van der Waals surface area contributed by atoms with Crippen LogP contribution in [0.2, 0.25) is 0 Å². The third-order valence-corrected chi connectivity index (χ3v) is 13.0. The van der Waals surface area contributed by atoms with Crippen LogP contribution in [-0.2, 0) is 49.6 Å². The first kappa shape index (κ1) is 58.4. The second-order valence-corrected chi connectivity index (χ2v) is 19.5. The van der Waals surface area contributed by atoms with E-state index < -0.39 is 71.1 Å². The first-order chi connectivity index (χ1) is 33.1. The standard InChI is InChI=1S/C49H73N9O11S/c1-10-12-15-22-68-58(47(65)43(31(5)11-2)56-45(64)37-16-13-14-21-57(37)9)38(30(3)4)24-39(69-32(6)59)46-55-36(29-70-46)44(63)54-35(25-49(7,8)48(66)67)23-33-17-19-34(20-18-33)53-42(62)28-52-41(61)27-51-40(60)26-50/h1,17-20,29-31,35,37-39,43H,11-16,21-28,50H2,2-9H3,(H,51,60)(H,52,61)(H,53,62)(H,54,63)(H,56,64)(H,66,67)/t31-,35-,37+,38?,39+,43-/m0/s1. The number of nitrogens with two attached hydrogens (primary N) is 1. The van der Waals surface area contributed by atoms with Crippen LogP contribution in [-0.4, -0.2) is 131 Å². The van der Waals surface area contributed by atoms with Gasteiger partial charge in [0, 0.05) is 36.9 Å². The summed E-state index contributed by atoms with van der Waals surface area (Å²) in [6, 6.07) is 3.93. The molecular weight excluding hydrogens is 923 g/mol. The second kappa shape index (κ2) is 28.6. The van der Waals surface area contributed by atoms with Crippen molar-refractivity contribution >= 4 is 64.4 Å². The molecule has 386 valence electrons. The zero-order valence-electron chi connectivity index (χ0n) is 41.8. The van der Waals surface area contributed by atoms with Crippen LogP contribution in [0.15, 0.2) is 29.6 Å². The summed E-state index contributed by atoms with van der Waals surface area (Å²) in [5, 5.41) is 26.5. The number of benzene rings is 1. The number of anilines is 1. The van der Waals surface area contributed by atoms with Crippen molar-refractivity contribution in [3.8, 4) is 12.3 Å². The van der Waals surface area contributed by atoms with E-state index in [1.165, 1.54) is 17.4 Å². The molecular formula is C49H73N9O11S. The molecule has 2 aromatic rings. The topological polar surface area (TPSA) is 281 Å². The Morgan fingerprint density at radius 3 is 2.29 bits per heavy atom. The molecule has 0 spiro atoms. The largest absolute Gasteiger partial charge is 0.481 e. The quantitative estimate of drug-likeness (QED) is 0.0279. The Morgan fingerprint density at radius 1 is 1.01 bits per heavy atom. The summed E-state index contributed by atoms with van der Waals surface area (Å²) in [4.78, 5) is 116. The number of terminal acetylenes is 1. The van der Waals surface area contributed by atoms with Crippen molar-refractivity contribution < 1.29 is 53.0 Å². The molecule has 6 amide bonds. The van der Waals surface area contributed by atoms with Gasteiger partial charge in [-0.1, -0.05) is 52.7 Å². The van der Waals surface area contributed by atoms with E-state index in [1.54, 1.807) is 38.1 Å². The van der Waals surface area contributed by atoms with Crippen LogP contribution in [0.1, 0.15) is 127 Å². The lowest BCUT2D eigenvalue weighted by molar-refractivity contribution is -0.213. The maximum absolute atomic E-state index is 14.8. The number of nitrogens with zero attached hydrogens (tertiary/aromatic N) is 3. The molecule has 2 heterocycles. The fraction of sp³-hybridized carbons (Fsp3) is 0.612. The number of piperidine rings is 1. The zero-order chi connectivity index (χ0) is 52.1. The number of rotatable bonds is 28. The second-order valence-electron chi connectivity index (χ2n) is 18.7. The fourth-order valence-electron chi connectivity index (χ4n) is 7.78. The van der Waals surface area contributed by atoms with Crippen molar-refractivity contribution in [1.29, 1.82) is 0 Å². The number of hydrogen-bond acceptors (Lipinski definition) is 14. The monoisotopic (exact) mass is 996 g/mol. The van der Waals surface area contributed by atoms with Gasteiger partial charge in [-0.05, 0) is 89.1 Å². The Labute approximate surface area is 415 Å². The molecule has 0 radical (unpaired) electrons. The van der Waals surface area contributed by atoms with Gasteiger partial charge < -0.3 is 42.2 Å². The summed E-state index contributed by atoms with van der Waals surface area (Å²) in [6.07, 6.45) is 8.75. The first-order valence-corrected chi connectivity index (χ1v) is 24.7. The van der Waals surface area contributed by atoms with Gasteiger partial charge >= 0.3 is 11.9 Å². The molecule has 1 aromatic carbocycles. The van der Waals surface area contributed by atoms with Gasteiger partial charge in [0.2, 0.25) is 23.6 Å². The lowest BCUT2D eigenvalue weighted by Crippen LogP contribution is -2.58. The molecule has 20 nitrogen and oxygen atoms in total. The van der Waals surface area contributed by atoms with Gasteiger partial charge in [0.1, 0.15) is 16.7 Å². The van der Waals surface area contributed by atoms with E-state index in [4.69, 9.17) is 21.7 Å². The van der Waals surface area contributed by atoms with Crippen LogP contribution >= 0.6 is 11.3 Å². The van der Waals surface area contributed by atoms with Crippen molar-refractivity contribution in [3.63, 3.8) is 0 Å². The van der Waals surface area contributed by atoms with E-state index in [1.807, 2.05) is 39.6 Å². The number of esters is 1. The van der Waals surface area contributed by atoms with E-state index in [0.717, 1.165) is 30.7 Å². The number of nitrogens with one attached hydrogen (secondary N) is 5. The van der Waals surface area contributed by atoms with Crippen molar-refractivity contribution in [2.45, 2.75) is 137 Å². The number of aliphatic carboxylic acids is 1. The zero-order valence-corrected chi connectivity index (χ0v) is 42.6. The number of likely N-dealkylation sites (N-methyl/N-ethyl adjacent to an activating group) is 1. The van der Waals surface area contributed by atoms with Gasteiger partial charge in [0.15, 0.2) is 6.10 Å². The van der Waals surface area contributed by atoms with Crippen LogP contribution in [0.3, 0.4) is 0 Å². The van der Waals surface area contributed by atoms with Crippen molar-refractivity contribution in [2.24, 2.45) is 23.0 Å². The predicted octanol–water partition coefficient (Wildman–Crippen LogP) is 3.32. The summed E-state index contributed by atoms with van der Waals surface area (Å²) in [5.74, 6) is -2.55. The Morgan fingerprint density at radius 2 is 1.69 bits per heavy atom. The van der Waals surface area contributed by atoms with Crippen molar-refractivity contribution in [1.82, 2.24) is 36.2 Å². The molecule has 1 unspecified atom stereocenters. The fourth-order valence-corrected chi connectivity index (χ4v) is 8.62. The molecule has 1 aliphatic rings. The molecule has 21 heteroatoms. The van der Waals surface area contributed by atoms with E-state index in [9.17, 15) is 43.5 Å². The van der Waals surface area contributed by atoms with Crippen LogP contribution in [0.5, 0.6) is 0 Å². The molecule has 6 atom stereocenters. The number of likely N-dealkylation sites (tertiary alicyclic amines) is 1. The summed E-state index contributed by atoms with van der Waals surface area (Å²) in [6.45, 7) is 11.9. The Balaban J connectivity index is 1.86. The number of aromatic nitrogens is 1. The lowest BCUT2D eigenvalue weighted by Gasteiger charge is -2.39. The van der Waals surface area contributed by atoms with Gasteiger partial charge in [-0.3, -0.25) is 48.1 Å². The molecule has 1 saturated heterocycles. The third kappa shape index (κ3) is 18.8. The average molecular weight is 996 g/mol. The number of carboxylic acid groups (broad SMARTS) is 1. The SMILES string of the molecule is C#CCCCON(C(=O)[C@@H](NC(=O)[C@H]1CCCCN1C)[C@@H](C)CC)C(C[C@@H](OC(C)=O)c1nc(C(=O)N[C@@H](Cc2ccc(NC(=O)CNC(=O)CNC(=O)CN)cc2)CC(C)(C)C(=O)O)cs1)C(C)C. The number of carboxylic acids is 1. The summed E-state index contributed by atoms with van der Waals surface area (Å²) < 4.78 is 5.85. The van der Waals surface area contributed by atoms with E-state index >= 15 is 0 Å². The van der Waals surface area contributed by atoms with Crippen LogP contribution in [0.4, 0.5) is 5.69 Å². The third-order valence-electron chi connectivity index (χ3n) is 12.1. The first-order valence-electron chi connectivity index (χ1n) is 23.8. The van der Waals surface area contributed by atoms with E-state index in [-0.39, 0.29) is 80.0 Å². The molecule has 0 bridgehead atoms. The molecule has 70 heavy (non-hydrogen) atoms. The summed E-state index contributed by atoms with van der Waals surface area (Å²) in [5.41, 5.74) is 5.07. The van der Waals surface area contributed by atoms with Gasteiger partial charge in [0.05, 0.1) is 43.7 Å². The van der Waals surface area contributed by atoms with Gasteiger partial charge in [-0.15, -0.1) is 23.7 Å². The highest BCUT2D eigenvalue weighted by atomic mass is 32.1. The number of thiazole rings is 1. The number of amides is 6. The lowest BCUT2D eigenvalue weighted by atomic mass is 9.84. The van der Waals surface area contributed by atoms with Crippen molar-refractivity contribution in [2.75, 3.05) is 45.2 Å². The predicted molar refractivity (Wildman–Crippen MR) is 264 cm³/mol. The normalized spacial score (nSPS) is 16.0. The molecule has 0 saturated carbocycles. The van der Waals surface area contributed by atoms with Gasteiger partial charge in [-0.25, -0.2) is 10.0 Å². The maximum atomic E-state index is 14.8. The molecule has 1 aliphatic heterocycles. The van der Waals surface area contributed by atoms with Crippen LogP contribution in [0.25, 0.3) is 0 Å². The minimum atomic E-state index is -1.25. The van der Waals surface area contributed by atoms with Crippen molar-refractivity contribution in [3.05, 3.63) is 45.9 Å². The molecule has 3 rings (SSSR count). The smallest absolute Gasteiger partial charge is 0.309 e. The number of ether oxygens (including phenoxy) is 1. The highest BCUT2D eigenvalue weighted by molar-refractivity contribution is 7.09. The minimum Gasteiger partial charge on any atom is -0.481 e. The molecule has 0 aliphatic carbocycles. The summed E-state index contributed by atoms with van der Waals surface area (Å²) >= 11 is 1.08. The molecule has 1 aromatic heterocycles. The number of unbranched alkanes of at least 4 members (excludes halogenated alkanes) is 1. The Bertz CT molecular complexity index is 2140. The highest BCUT2D eigenvalue weighted by Crippen LogP contribution is 2.32. The average Bonchev–Trinajstić information content (AvgIpc) is 3.81. The van der Waals surface area contributed by atoms with Gasteiger partial charge in [-0.2, -0.15) is 0 Å².